The molecule has 0 spiro atoms. The summed E-state index contributed by atoms with van der Waals surface area (Å²) in [4.78, 5) is 14.6. The molecule has 8 heteroatoms. The number of nitrogens with zero attached hydrogens (tertiary/aromatic N) is 1. The second-order valence-corrected chi connectivity index (χ2v) is 6.90. The van der Waals surface area contributed by atoms with Gasteiger partial charge in [0, 0.05) is 23.0 Å². The second kappa shape index (κ2) is 9.04. The first kappa shape index (κ1) is 21.4. The van der Waals surface area contributed by atoms with Gasteiger partial charge in [0.15, 0.2) is 5.11 Å². The Hall–Kier alpha value is -3.26. The smallest absolute Gasteiger partial charge is 0.337 e. The molecule has 30 heavy (non-hydrogen) atoms. The van der Waals surface area contributed by atoms with E-state index in [4.69, 9.17) is 31.2 Å². The van der Waals surface area contributed by atoms with Crippen molar-refractivity contribution in [2.75, 3.05) is 33.3 Å². The number of carbonyl (C=O) groups is 1. The molecule has 2 aromatic rings. The Morgan fingerprint density at radius 3 is 2.17 bits per heavy atom. The Kier molecular flexibility index (Phi) is 6.47. The lowest BCUT2D eigenvalue weighted by Crippen LogP contribution is -2.48. The monoisotopic (exact) mass is 428 g/mol. The van der Waals surface area contributed by atoms with Crippen LogP contribution in [0.1, 0.15) is 18.5 Å². The van der Waals surface area contributed by atoms with Crippen LogP contribution >= 0.6 is 12.2 Å². The minimum absolute atomic E-state index is 0.436. The number of rotatable bonds is 6. The van der Waals surface area contributed by atoms with Gasteiger partial charge in [-0.3, -0.25) is 4.90 Å². The lowest BCUT2D eigenvalue weighted by Gasteiger charge is -2.37. The molecule has 3 rings (SSSR count). The van der Waals surface area contributed by atoms with Crippen LogP contribution in [0.5, 0.6) is 17.2 Å². The van der Waals surface area contributed by atoms with E-state index in [9.17, 15) is 4.79 Å². The first-order chi connectivity index (χ1) is 14.4. The molecule has 0 amide bonds. The van der Waals surface area contributed by atoms with Crippen molar-refractivity contribution >= 4 is 29.0 Å². The van der Waals surface area contributed by atoms with E-state index in [0.717, 1.165) is 17.0 Å². The summed E-state index contributed by atoms with van der Waals surface area (Å²) in [7, 11) is 6.11. The molecule has 0 fully saturated rings. The highest BCUT2D eigenvalue weighted by molar-refractivity contribution is 7.80. The van der Waals surface area contributed by atoms with Gasteiger partial charge in [0.1, 0.15) is 17.2 Å². The number of allylic oxidation sites excluding steroid dienone is 1. The van der Waals surface area contributed by atoms with E-state index in [-0.39, 0.29) is 0 Å². The van der Waals surface area contributed by atoms with Crippen molar-refractivity contribution < 1.29 is 23.7 Å². The van der Waals surface area contributed by atoms with E-state index < -0.39 is 12.0 Å². The molecule has 1 heterocycles. The zero-order valence-corrected chi connectivity index (χ0v) is 18.3. The maximum Gasteiger partial charge on any atom is 0.337 e. The van der Waals surface area contributed by atoms with Crippen molar-refractivity contribution in [1.82, 2.24) is 5.32 Å². The average molecular weight is 429 g/mol. The van der Waals surface area contributed by atoms with Crippen LogP contribution in [0.15, 0.2) is 53.7 Å². The molecule has 1 atom stereocenters. The average Bonchev–Trinajstić information content (AvgIpc) is 2.78. The Morgan fingerprint density at radius 1 is 0.967 bits per heavy atom. The standard InChI is InChI=1S/C22H24N2O5S/c1-13-19(21(25)29-5)20(17-11-10-16(27-3)12-18(17)28-4)23-22(30)24(13)14-6-8-15(26-2)9-7-14/h6-12,20H,1-5H3,(H,23,30). The SMILES string of the molecule is COC(=O)C1=C(C)N(c2ccc(OC)cc2)C(=S)NC1c1ccc(OC)cc1OC. The number of ether oxygens (including phenoxy) is 4. The fourth-order valence-corrected chi connectivity index (χ4v) is 3.81. The first-order valence-corrected chi connectivity index (χ1v) is 9.61. The molecule has 158 valence electrons. The van der Waals surface area contributed by atoms with Crippen LogP contribution in [0.25, 0.3) is 0 Å². The predicted octanol–water partition coefficient (Wildman–Crippen LogP) is 3.60. The molecule has 1 aliphatic heterocycles. The molecule has 0 bridgehead atoms. The van der Waals surface area contributed by atoms with Crippen molar-refractivity contribution in [2.45, 2.75) is 13.0 Å². The van der Waals surface area contributed by atoms with Gasteiger partial charge in [-0.1, -0.05) is 0 Å². The van der Waals surface area contributed by atoms with Crippen LogP contribution in [0.2, 0.25) is 0 Å². The molecule has 1 unspecified atom stereocenters. The molecule has 0 aliphatic carbocycles. The molecule has 0 radical (unpaired) electrons. The number of anilines is 1. The summed E-state index contributed by atoms with van der Waals surface area (Å²) in [5.41, 5.74) is 2.64. The number of methoxy groups -OCH3 is 4. The lowest BCUT2D eigenvalue weighted by molar-refractivity contribution is -0.136. The number of nitrogens with one attached hydrogen (secondary N) is 1. The highest BCUT2D eigenvalue weighted by Gasteiger charge is 2.36. The number of hydrogen-bond donors (Lipinski definition) is 1. The van der Waals surface area contributed by atoms with Gasteiger partial charge in [0.2, 0.25) is 0 Å². The van der Waals surface area contributed by atoms with Gasteiger partial charge >= 0.3 is 5.97 Å². The summed E-state index contributed by atoms with van der Waals surface area (Å²) in [6.07, 6.45) is 0. The third-order valence-electron chi connectivity index (χ3n) is 4.97. The van der Waals surface area contributed by atoms with E-state index >= 15 is 0 Å². The van der Waals surface area contributed by atoms with Crippen molar-refractivity contribution in [3.8, 4) is 17.2 Å². The Balaban J connectivity index is 2.13. The number of benzene rings is 2. The minimum Gasteiger partial charge on any atom is -0.497 e. The predicted molar refractivity (Wildman–Crippen MR) is 118 cm³/mol. The number of hydrogen-bond acceptors (Lipinski definition) is 6. The number of carbonyl (C=O) groups excluding carboxylic acids is 1. The summed E-state index contributed by atoms with van der Waals surface area (Å²) < 4.78 is 21.1. The molecule has 1 N–H and O–H groups in total. The summed E-state index contributed by atoms with van der Waals surface area (Å²) in [6, 6.07) is 12.3. The van der Waals surface area contributed by atoms with Crippen LogP contribution in [0.3, 0.4) is 0 Å². The van der Waals surface area contributed by atoms with Crippen LogP contribution in [-0.4, -0.2) is 39.5 Å². The maximum absolute atomic E-state index is 12.8. The largest absolute Gasteiger partial charge is 0.497 e. The quantitative estimate of drug-likeness (QED) is 0.553. The van der Waals surface area contributed by atoms with Gasteiger partial charge in [-0.05, 0) is 55.5 Å². The molecule has 2 aromatic carbocycles. The molecule has 1 aliphatic rings. The van der Waals surface area contributed by atoms with Gasteiger partial charge in [0.05, 0.1) is 40.1 Å². The summed E-state index contributed by atoms with van der Waals surface area (Å²) in [5, 5.41) is 3.72. The number of esters is 1. The van der Waals surface area contributed by atoms with Crippen LogP contribution in [-0.2, 0) is 9.53 Å². The Bertz CT molecular complexity index is 988. The Labute approximate surface area is 181 Å². The normalized spacial score (nSPS) is 16.1. The second-order valence-electron chi connectivity index (χ2n) is 6.51. The van der Waals surface area contributed by atoms with Crippen molar-refractivity contribution in [3.63, 3.8) is 0 Å². The van der Waals surface area contributed by atoms with E-state index in [1.807, 2.05) is 43.3 Å². The summed E-state index contributed by atoms with van der Waals surface area (Å²) in [6.45, 7) is 1.84. The van der Waals surface area contributed by atoms with Crippen molar-refractivity contribution in [3.05, 3.63) is 59.3 Å². The number of thiocarbonyl (C=S) groups is 1. The van der Waals surface area contributed by atoms with Gasteiger partial charge in [-0.15, -0.1) is 0 Å². The van der Waals surface area contributed by atoms with Gasteiger partial charge in [-0.25, -0.2) is 4.79 Å². The van der Waals surface area contributed by atoms with Crippen LogP contribution in [0, 0.1) is 0 Å². The Morgan fingerprint density at radius 2 is 1.60 bits per heavy atom. The van der Waals surface area contributed by atoms with Crippen LogP contribution < -0.4 is 24.4 Å². The molecule has 0 saturated carbocycles. The van der Waals surface area contributed by atoms with E-state index in [0.29, 0.717) is 27.9 Å². The zero-order chi connectivity index (χ0) is 21.8. The molecule has 0 aromatic heterocycles. The van der Waals surface area contributed by atoms with Crippen molar-refractivity contribution in [2.24, 2.45) is 0 Å². The summed E-state index contributed by atoms with van der Waals surface area (Å²) >= 11 is 5.66. The third-order valence-corrected chi connectivity index (χ3v) is 5.27. The van der Waals surface area contributed by atoms with Gasteiger partial charge < -0.3 is 24.3 Å². The highest BCUT2D eigenvalue weighted by Crippen LogP contribution is 2.39. The zero-order valence-electron chi connectivity index (χ0n) is 17.5. The molecule has 0 saturated heterocycles. The van der Waals surface area contributed by atoms with Crippen LogP contribution in [0.4, 0.5) is 5.69 Å². The van der Waals surface area contributed by atoms with Gasteiger partial charge in [-0.2, -0.15) is 0 Å². The minimum atomic E-state index is -0.541. The fraction of sp³-hybridized carbons (Fsp3) is 0.273. The first-order valence-electron chi connectivity index (χ1n) is 9.20. The highest BCUT2D eigenvalue weighted by atomic mass is 32.1. The fourth-order valence-electron chi connectivity index (χ4n) is 3.45. The molecule has 7 nitrogen and oxygen atoms in total. The molecular weight excluding hydrogens is 404 g/mol. The van der Waals surface area contributed by atoms with E-state index in [2.05, 4.69) is 5.32 Å². The molecular formula is C22H24N2O5S. The van der Waals surface area contributed by atoms with Gasteiger partial charge in [0.25, 0.3) is 0 Å². The van der Waals surface area contributed by atoms with Crippen molar-refractivity contribution in [1.29, 1.82) is 0 Å². The lowest BCUT2D eigenvalue weighted by atomic mass is 9.94. The van der Waals surface area contributed by atoms with E-state index in [1.54, 1.807) is 32.3 Å². The maximum atomic E-state index is 12.8. The summed E-state index contributed by atoms with van der Waals surface area (Å²) in [5.74, 6) is 1.49. The third kappa shape index (κ3) is 3.91. The topological polar surface area (TPSA) is 69.3 Å². The van der Waals surface area contributed by atoms with E-state index in [1.165, 1.54) is 7.11 Å².